The Bertz CT molecular complexity index is 576. The summed E-state index contributed by atoms with van der Waals surface area (Å²) in [6, 6.07) is 7.58. The Labute approximate surface area is 148 Å². The molecule has 0 radical (unpaired) electrons. The normalized spacial score (nSPS) is 24.5. The van der Waals surface area contributed by atoms with Gasteiger partial charge in [-0.25, -0.2) is 0 Å². The molecule has 1 amide bonds. The van der Waals surface area contributed by atoms with E-state index in [0.717, 1.165) is 19.7 Å². The molecule has 6 heteroatoms. The van der Waals surface area contributed by atoms with Crippen molar-refractivity contribution >= 4 is 17.5 Å². The van der Waals surface area contributed by atoms with Crippen LogP contribution in [0.5, 0.6) is 5.75 Å². The fourth-order valence-corrected chi connectivity index (χ4v) is 3.40. The number of benzene rings is 1. The van der Waals surface area contributed by atoms with Crippen LogP contribution in [0.3, 0.4) is 0 Å². The molecule has 0 spiro atoms. The first-order valence-corrected chi connectivity index (χ1v) is 8.90. The Morgan fingerprint density at radius 3 is 2.92 bits per heavy atom. The number of carbonyl (C=O) groups is 1. The van der Waals surface area contributed by atoms with E-state index in [0.29, 0.717) is 23.4 Å². The highest BCUT2D eigenvalue weighted by Gasteiger charge is 2.34. The molecule has 2 aliphatic rings. The number of morpholine rings is 1. The van der Waals surface area contributed by atoms with Crippen LogP contribution in [-0.2, 0) is 9.53 Å². The fraction of sp³-hybridized carbons (Fsp3) is 0.611. The average Bonchev–Trinajstić information content (AvgIpc) is 3.02. The maximum absolute atomic E-state index is 12.5. The Morgan fingerprint density at radius 2 is 2.17 bits per heavy atom. The van der Waals surface area contributed by atoms with Crippen LogP contribution in [0.2, 0.25) is 5.02 Å². The van der Waals surface area contributed by atoms with Crippen LogP contribution in [0.4, 0.5) is 0 Å². The molecule has 1 N–H and O–H groups in total. The molecule has 132 valence electrons. The van der Waals surface area contributed by atoms with Crippen LogP contribution >= 0.6 is 11.6 Å². The lowest BCUT2D eigenvalue weighted by Crippen LogP contribution is -2.53. The van der Waals surface area contributed by atoms with E-state index in [1.54, 1.807) is 38.1 Å². The van der Waals surface area contributed by atoms with Gasteiger partial charge in [-0.15, -0.1) is 0 Å². The van der Waals surface area contributed by atoms with Crippen molar-refractivity contribution in [2.75, 3.05) is 26.2 Å². The van der Waals surface area contributed by atoms with Gasteiger partial charge in [-0.05, 0) is 57.5 Å². The van der Waals surface area contributed by atoms with Gasteiger partial charge in [0.25, 0.3) is 5.91 Å². The van der Waals surface area contributed by atoms with Crippen molar-refractivity contribution in [2.24, 2.45) is 0 Å². The summed E-state index contributed by atoms with van der Waals surface area (Å²) in [6.45, 7) is 6.83. The summed E-state index contributed by atoms with van der Waals surface area (Å²) in [7, 11) is 0. The van der Waals surface area contributed by atoms with Crippen molar-refractivity contribution in [1.29, 1.82) is 0 Å². The number of halogens is 1. The molecule has 2 unspecified atom stereocenters. The Hall–Kier alpha value is -1.30. The number of nitrogens with zero attached hydrogens (tertiary/aromatic N) is 1. The number of ether oxygens (including phenoxy) is 2. The third kappa shape index (κ3) is 4.21. The van der Waals surface area contributed by atoms with Crippen LogP contribution in [0.1, 0.15) is 26.7 Å². The maximum Gasteiger partial charge on any atom is 0.263 e. The number of nitrogens with one attached hydrogen (secondary N) is 1. The highest BCUT2D eigenvalue weighted by Crippen LogP contribution is 2.23. The van der Waals surface area contributed by atoms with Gasteiger partial charge in [0, 0.05) is 24.2 Å². The van der Waals surface area contributed by atoms with E-state index in [9.17, 15) is 4.79 Å². The summed E-state index contributed by atoms with van der Waals surface area (Å²) in [5.74, 6) is 0.470. The highest BCUT2D eigenvalue weighted by molar-refractivity contribution is 6.30. The van der Waals surface area contributed by atoms with E-state index in [-0.39, 0.29) is 12.0 Å². The lowest BCUT2D eigenvalue weighted by molar-refractivity contribution is -0.135. The van der Waals surface area contributed by atoms with E-state index in [1.807, 2.05) is 0 Å². The molecular weight excluding hydrogens is 328 g/mol. The zero-order valence-corrected chi connectivity index (χ0v) is 15.0. The largest absolute Gasteiger partial charge is 0.478 e. The van der Waals surface area contributed by atoms with Gasteiger partial charge in [0.05, 0.1) is 12.7 Å². The SMILES string of the molecule is CC(C)(Oc1ccc(Cl)cc1)C(=O)NCC1CN2CCCC2CO1. The second-order valence-electron chi connectivity index (χ2n) is 7.02. The van der Waals surface area contributed by atoms with E-state index in [2.05, 4.69) is 10.2 Å². The number of carbonyl (C=O) groups excluding carboxylic acids is 1. The number of fused-ring (bicyclic) bond motifs is 1. The Kier molecular flexibility index (Phi) is 5.33. The molecule has 0 saturated carbocycles. The minimum atomic E-state index is -0.960. The standard InChI is InChI=1S/C18H25ClN2O3/c1-18(2,24-15-7-5-13(19)6-8-15)17(22)20-10-16-11-21-9-3-4-14(21)12-23-16/h5-8,14,16H,3-4,9-12H2,1-2H3,(H,20,22). The van der Waals surface area contributed by atoms with Gasteiger partial charge < -0.3 is 14.8 Å². The summed E-state index contributed by atoms with van der Waals surface area (Å²) >= 11 is 5.87. The molecule has 5 nitrogen and oxygen atoms in total. The molecule has 2 heterocycles. The first-order valence-electron chi connectivity index (χ1n) is 8.52. The average molecular weight is 353 g/mol. The molecule has 0 aliphatic carbocycles. The molecule has 0 bridgehead atoms. The molecular formula is C18H25ClN2O3. The molecule has 3 rings (SSSR count). The number of rotatable bonds is 5. The van der Waals surface area contributed by atoms with Gasteiger partial charge in [0.15, 0.2) is 5.60 Å². The molecule has 24 heavy (non-hydrogen) atoms. The molecule has 2 fully saturated rings. The predicted molar refractivity (Wildman–Crippen MR) is 93.5 cm³/mol. The Balaban J connectivity index is 1.49. The van der Waals surface area contributed by atoms with Gasteiger partial charge in [0.2, 0.25) is 0 Å². The Morgan fingerprint density at radius 1 is 1.42 bits per heavy atom. The maximum atomic E-state index is 12.5. The van der Waals surface area contributed by atoms with Crippen molar-refractivity contribution < 1.29 is 14.3 Å². The van der Waals surface area contributed by atoms with Crippen molar-refractivity contribution in [3.05, 3.63) is 29.3 Å². The molecule has 1 aromatic rings. The van der Waals surface area contributed by atoms with Crippen molar-refractivity contribution in [3.63, 3.8) is 0 Å². The zero-order valence-electron chi connectivity index (χ0n) is 14.3. The second-order valence-corrected chi connectivity index (χ2v) is 7.46. The zero-order chi connectivity index (χ0) is 17.2. The number of hydrogen-bond donors (Lipinski definition) is 1. The summed E-state index contributed by atoms with van der Waals surface area (Å²) in [4.78, 5) is 14.9. The van der Waals surface area contributed by atoms with Crippen LogP contribution in [0.25, 0.3) is 0 Å². The van der Waals surface area contributed by atoms with Crippen molar-refractivity contribution in [1.82, 2.24) is 10.2 Å². The van der Waals surface area contributed by atoms with Gasteiger partial charge in [0.1, 0.15) is 5.75 Å². The van der Waals surface area contributed by atoms with Gasteiger partial charge in [-0.1, -0.05) is 11.6 Å². The molecule has 1 aromatic carbocycles. The molecule has 2 saturated heterocycles. The molecule has 2 atom stereocenters. The van der Waals surface area contributed by atoms with Crippen molar-refractivity contribution in [2.45, 2.75) is 44.4 Å². The summed E-state index contributed by atoms with van der Waals surface area (Å²) in [5.41, 5.74) is -0.960. The summed E-state index contributed by atoms with van der Waals surface area (Å²) in [5, 5.41) is 3.60. The minimum absolute atomic E-state index is 0.0506. The topological polar surface area (TPSA) is 50.8 Å². The van der Waals surface area contributed by atoms with E-state index < -0.39 is 5.60 Å². The predicted octanol–water partition coefficient (Wildman–Crippen LogP) is 2.48. The highest BCUT2D eigenvalue weighted by atomic mass is 35.5. The quantitative estimate of drug-likeness (QED) is 0.884. The van der Waals surface area contributed by atoms with Crippen LogP contribution in [0, 0.1) is 0 Å². The fourth-order valence-electron chi connectivity index (χ4n) is 3.27. The number of amides is 1. The smallest absolute Gasteiger partial charge is 0.263 e. The molecule has 0 aromatic heterocycles. The third-order valence-electron chi connectivity index (χ3n) is 4.69. The van der Waals surface area contributed by atoms with Crippen LogP contribution < -0.4 is 10.1 Å². The number of hydrogen-bond acceptors (Lipinski definition) is 4. The minimum Gasteiger partial charge on any atom is -0.478 e. The lowest BCUT2D eigenvalue weighted by atomic mass is 10.1. The third-order valence-corrected chi connectivity index (χ3v) is 4.94. The first kappa shape index (κ1) is 17.5. The van der Waals surface area contributed by atoms with Crippen LogP contribution in [0.15, 0.2) is 24.3 Å². The second kappa shape index (κ2) is 7.30. The van der Waals surface area contributed by atoms with Crippen LogP contribution in [-0.4, -0.2) is 54.8 Å². The van der Waals surface area contributed by atoms with E-state index >= 15 is 0 Å². The van der Waals surface area contributed by atoms with Crippen molar-refractivity contribution in [3.8, 4) is 5.75 Å². The monoisotopic (exact) mass is 352 g/mol. The lowest BCUT2D eigenvalue weighted by Gasteiger charge is -2.35. The van der Waals surface area contributed by atoms with Gasteiger partial charge >= 0.3 is 0 Å². The summed E-state index contributed by atoms with van der Waals surface area (Å²) in [6.07, 6.45) is 2.52. The summed E-state index contributed by atoms with van der Waals surface area (Å²) < 4.78 is 11.7. The van der Waals surface area contributed by atoms with E-state index in [4.69, 9.17) is 21.1 Å². The van der Waals surface area contributed by atoms with E-state index in [1.165, 1.54) is 12.8 Å². The first-order chi connectivity index (χ1) is 11.4. The van der Waals surface area contributed by atoms with Gasteiger partial charge in [-0.3, -0.25) is 9.69 Å². The molecule has 2 aliphatic heterocycles. The van der Waals surface area contributed by atoms with Gasteiger partial charge in [-0.2, -0.15) is 0 Å².